The van der Waals surface area contributed by atoms with Crippen molar-refractivity contribution in [1.29, 1.82) is 5.26 Å². The summed E-state index contributed by atoms with van der Waals surface area (Å²) in [5, 5.41) is 8.91. The Labute approximate surface area is 111 Å². The second-order valence-corrected chi connectivity index (χ2v) is 4.52. The zero-order valence-electron chi connectivity index (χ0n) is 10.6. The summed E-state index contributed by atoms with van der Waals surface area (Å²) >= 11 is 0. The number of nitriles is 1. The molecule has 6 heteroatoms. The third-order valence-electron chi connectivity index (χ3n) is 3.17. The molecule has 0 radical (unpaired) electrons. The second kappa shape index (κ2) is 6.05. The molecule has 0 bridgehead atoms. The van der Waals surface area contributed by atoms with Gasteiger partial charge in [-0.05, 0) is 25.3 Å². The average molecular weight is 260 g/mol. The number of rotatable bonds is 4. The van der Waals surface area contributed by atoms with E-state index in [2.05, 4.69) is 11.2 Å². The number of likely N-dealkylation sites (tertiary alicyclic amines) is 1. The number of carbonyl (C=O) groups excluding carboxylic acids is 1. The summed E-state index contributed by atoms with van der Waals surface area (Å²) in [5.74, 6) is 0.410. The standard InChI is InChI=1S/C13H16N4O2/c14-9-17-7-1-2-10(17)3-4-13(18)19-11-5-6-16-12(15)8-11/h5-6,8,10H,1-4,7H2,(H2,15,16). The fraction of sp³-hybridized carbons (Fsp3) is 0.462. The average Bonchev–Trinajstić information content (AvgIpc) is 2.83. The molecule has 1 aliphatic heterocycles. The van der Waals surface area contributed by atoms with Gasteiger partial charge in [-0.25, -0.2) is 4.98 Å². The van der Waals surface area contributed by atoms with Crippen LogP contribution in [-0.2, 0) is 4.79 Å². The summed E-state index contributed by atoms with van der Waals surface area (Å²) in [6.07, 6.45) is 6.56. The van der Waals surface area contributed by atoms with Crippen molar-refractivity contribution < 1.29 is 9.53 Å². The molecule has 1 unspecified atom stereocenters. The van der Waals surface area contributed by atoms with E-state index in [4.69, 9.17) is 15.7 Å². The molecule has 1 aromatic heterocycles. The molecule has 2 heterocycles. The molecule has 1 saturated heterocycles. The number of carbonyl (C=O) groups is 1. The van der Waals surface area contributed by atoms with Crippen molar-refractivity contribution in [2.45, 2.75) is 31.7 Å². The number of pyridine rings is 1. The fourth-order valence-electron chi connectivity index (χ4n) is 2.23. The first-order valence-corrected chi connectivity index (χ1v) is 6.27. The van der Waals surface area contributed by atoms with Gasteiger partial charge >= 0.3 is 5.97 Å². The molecule has 2 rings (SSSR count). The molecule has 100 valence electrons. The molecule has 0 spiro atoms. The number of ether oxygens (including phenoxy) is 1. The lowest BCUT2D eigenvalue weighted by molar-refractivity contribution is -0.134. The van der Waals surface area contributed by atoms with Crippen LogP contribution < -0.4 is 10.5 Å². The number of esters is 1. The second-order valence-electron chi connectivity index (χ2n) is 4.52. The predicted molar refractivity (Wildman–Crippen MR) is 68.9 cm³/mol. The van der Waals surface area contributed by atoms with Crippen molar-refractivity contribution in [2.24, 2.45) is 0 Å². The van der Waals surface area contributed by atoms with E-state index in [1.807, 2.05) is 0 Å². The van der Waals surface area contributed by atoms with Crippen LogP contribution in [-0.4, -0.2) is 28.4 Å². The SMILES string of the molecule is N#CN1CCCC1CCC(=O)Oc1ccnc(N)c1. The van der Waals surface area contributed by atoms with Gasteiger partial charge < -0.3 is 15.4 Å². The minimum atomic E-state index is -0.310. The van der Waals surface area contributed by atoms with Gasteiger partial charge in [-0.3, -0.25) is 4.79 Å². The van der Waals surface area contributed by atoms with Gasteiger partial charge in [0.1, 0.15) is 11.6 Å². The van der Waals surface area contributed by atoms with Gasteiger partial charge in [0.2, 0.25) is 0 Å². The number of hydrogen-bond donors (Lipinski definition) is 1. The fourth-order valence-corrected chi connectivity index (χ4v) is 2.23. The van der Waals surface area contributed by atoms with Crippen molar-refractivity contribution in [3.8, 4) is 11.9 Å². The first-order chi connectivity index (χ1) is 9.19. The highest BCUT2D eigenvalue weighted by Gasteiger charge is 2.24. The topological polar surface area (TPSA) is 92.2 Å². The minimum absolute atomic E-state index is 0.167. The van der Waals surface area contributed by atoms with Gasteiger partial charge in [-0.2, -0.15) is 5.26 Å². The first kappa shape index (κ1) is 13.1. The van der Waals surface area contributed by atoms with Crippen LogP contribution in [0.25, 0.3) is 0 Å². The number of aromatic nitrogens is 1. The number of nitrogens with zero attached hydrogens (tertiary/aromatic N) is 3. The van der Waals surface area contributed by atoms with Crippen molar-refractivity contribution in [3.05, 3.63) is 18.3 Å². The van der Waals surface area contributed by atoms with Crippen molar-refractivity contribution in [2.75, 3.05) is 12.3 Å². The van der Waals surface area contributed by atoms with E-state index in [1.54, 1.807) is 11.0 Å². The molecule has 6 nitrogen and oxygen atoms in total. The van der Waals surface area contributed by atoms with E-state index < -0.39 is 0 Å². The van der Waals surface area contributed by atoms with E-state index in [-0.39, 0.29) is 12.0 Å². The van der Waals surface area contributed by atoms with Crippen molar-refractivity contribution in [1.82, 2.24) is 9.88 Å². The molecule has 19 heavy (non-hydrogen) atoms. The van der Waals surface area contributed by atoms with Crippen molar-refractivity contribution in [3.63, 3.8) is 0 Å². The molecule has 2 N–H and O–H groups in total. The molecule has 0 aromatic carbocycles. The van der Waals surface area contributed by atoms with E-state index in [0.29, 0.717) is 24.4 Å². The Hall–Kier alpha value is -2.29. The van der Waals surface area contributed by atoms with Gasteiger partial charge in [-0.15, -0.1) is 0 Å². The number of hydrogen-bond acceptors (Lipinski definition) is 6. The van der Waals surface area contributed by atoms with Crippen LogP contribution in [0, 0.1) is 11.5 Å². The highest BCUT2D eigenvalue weighted by Crippen LogP contribution is 2.21. The Morgan fingerprint density at radius 1 is 1.68 bits per heavy atom. The molecule has 1 atom stereocenters. The molecular formula is C13H16N4O2. The molecule has 1 fully saturated rings. The van der Waals surface area contributed by atoms with Gasteiger partial charge in [0.25, 0.3) is 0 Å². The molecule has 1 aliphatic rings. The van der Waals surface area contributed by atoms with Gasteiger partial charge in [0.05, 0.1) is 0 Å². The lowest BCUT2D eigenvalue weighted by Gasteiger charge is -2.17. The van der Waals surface area contributed by atoms with Crippen LogP contribution in [0.5, 0.6) is 5.75 Å². The van der Waals surface area contributed by atoms with Crippen molar-refractivity contribution >= 4 is 11.8 Å². The summed E-state index contributed by atoms with van der Waals surface area (Å²) in [6, 6.07) is 3.26. The third kappa shape index (κ3) is 3.58. The van der Waals surface area contributed by atoms with Crippen LogP contribution in [0.2, 0.25) is 0 Å². The molecule has 0 amide bonds. The Kier molecular flexibility index (Phi) is 4.18. The Bertz CT molecular complexity index is 498. The Morgan fingerprint density at radius 3 is 3.26 bits per heavy atom. The highest BCUT2D eigenvalue weighted by atomic mass is 16.5. The lowest BCUT2D eigenvalue weighted by Crippen LogP contribution is -2.25. The number of nitrogens with two attached hydrogens (primary N) is 1. The maximum absolute atomic E-state index is 11.7. The Balaban J connectivity index is 1.80. The van der Waals surface area contributed by atoms with Crippen LogP contribution in [0.4, 0.5) is 5.82 Å². The summed E-state index contributed by atoms with van der Waals surface area (Å²) < 4.78 is 5.16. The number of nitrogen functional groups attached to an aromatic ring is 1. The minimum Gasteiger partial charge on any atom is -0.426 e. The third-order valence-corrected chi connectivity index (χ3v) is 3.17. The van der Waals surface area contributed by atoms with E-state index in [9.17, 15) is 4.79 Å². The summed E-state index contributed by atoms with van der Waals surface area (Å²) in [4.78, 5) is 17.2. The zero-order valence-corrected chi connectivity index (χ0v) is 10.6. The van der Waals surface area contributed by atoms with Crippen LogP contribution in [0.1, 0.15) is 25.7 Å². The summed E-state index contributed by atoms with van der Waals surface area (Å²) in [6.45, 7) is 0.789. The van der Waals surface area contributed by atoms with Gasteiger partial charge in [0, 0.05) is 31.3 Å². The largest absolute Gasteiger partial charge is 0.426 e. The van der Waals surface area contributed by atoms with Gasteiger partial charge in [0.15, 0.2) is 6.19 Å². The quantitative estimate of drug-likeness (QED) is 0.648. The predicted octanol–water partition coefficient (Wildman–Crippen LogP) is 1.29. The molecular weight excluding hydrogens is 244 g/mol. The van der Waals surface area contributed by atoms with Crippen LogP contribution in [0.15, 0.2) is 18.3 Å². The highest BCUT2D eigenvalue weighted by molar-refractivity contribution is 5.72. The normalized spacial score (nSPS) is 18.1. The Morgan fingerprint density at radius 2 is 2.53 bits per heavy atom. The summed E-state index contributed by atoms with van der Waals surface area (Å²) in [7, 11) is 0. The molecule has 1 aromatic rings. The van der Waals surface area contributed by atoms with Crippen LogP contribution in [0.3, 0.4) is 0 Å². The smallest absolute Gasteiger partial charge is 0.311 e. The first-order valence-electron chi connectivity index (χ1n) is 6.27. The summed E-state index contributed by atoms with van der Waals surface area (Å²) in [5.41, 5.74) is 5.50. The van der Waals surface area contributed by atoms with E-state index in [1.165, 1.54) is 12.3 Å². The number of anilines is 1. The van der Waals surface area contributed by atoms with Crippen LogP contribution >= 0.6 is 0 Å². The lowest BCUT2D eigenvalue weighted by atomic mass is 10.1. The molecule has 0 saturated carbocycles. The monoisotopic (exact) mass is 260 g/mol. The van der Waals surface area contributed by atoms with E-state index in [0.717, 1.165) is 19.4 Å². The molecule has 0 aliphatic carbocycles. The maximum Gasteiger partial charge on any atom is 0.311 e. The zero-order chi connectivity index (χ0) is 13.7. The van der Waals surface area contributed by atoms with E-state index >= 15 is 0 Å². The maximum atomic E-state index is 11.7. The van der Waals surface area contributed by atoms with Gasteiger partial charge in [-0.1, -0.05) is 0 Å².